The highest BCUT2D eigenvalue weighted by Crippen LogP contribution is 2.19. The van der Waals surface area contributed by atoms with Gasteiger partial charge in [0, 0.05) is 33.3 Å². The van der Waals surface area contributed by atoms with Crippen LogP contribution in [-0.2, 0) is 16.1 Å². The number of nitrogens with one attached hydrogen (secondary N) is 1. The van der Waals surface area contributed by atoms with Crippen LogP contribution in [0.2, 0.25) is 0 Å². The van der Waals surface area contributed by atoms with Crippen LogP contribution in [0.5, 0.6) is 0 Å². The zero-order valence-electron chi connectivity index (χ0n) is 11.8. The molecule has 1 aliphatic heterocycles. The Morgan fingerprint density at radius 2 is 2.37 bits per heavy atom. The van der Waals surface area contributed by atoms with Crippen molar-refractivity contribution in [3.63, 3.8) is 0 Å². The molecular weight excluding hydrogens is 244 g/mol. The molecule has 0 radical (unpaired) electrons. The molecule has 1 saturated heterocycles. The van der Waals surface area contributed by atoms with Gasteiger partial charge in [-0.05, 0) is 6.42 Å². The number of methoxy groups -OCH3 is 1. The Morgan fingerprint density at radius 1 is 1.53 bits per heavy atom. The van der Waals surface area contributed by atoms with E-state index in [1.165, 1.54) is 0 Å². The SMILES string of the molecule is CCC1CN(c2cc(NC)nc(COC)n2)CCO1. The third-order valence-electron chi connectivity index (χ3n) is 3.21. The van der Waals surface area contributed by atoms with E-state index in [1.54, 1.807) is 7.11 Å². The molecule has 6 nitrogen and oxygen atoms in total. The summed E-state index contributed by atoms with van der Waals surface area (Å²) in [5, 5.41) is 3.07. The number of nitrogens with zero attached hydrogens (tertiary/aromatic N) is 3. The van der Waals surface area contributed by atoms with Gasteiger partial charge in [0.2, 0.25) is 0 Å². The van der Waals surface area contributed by atoms with Gasteiger partial charge in [-0.15, -0.1) is 0 Å². The van der Waals surface area contributed by atoms with Crippen molar-refractivity contribution in [1.82, 2.24) is 9.97 Å². The predicted molar refractivity (Wildman–Crippen MR) is 74.5 cm³/mol. The maximum atomic E-state index is 5.69. The van der Waals surface area contributed by atoms with Crippen LogP contribution < -0.4 is 10.2 Å². The van der Waals surface area contributed by atoms with Gasteiger partial charge >= 0.3 is 0 Å². The van der Waals surface area contributed by atoms with E-state index in [2.05, 4.69) is 27.1 Å². The Morgan fingerprint density at radius 3 is 3.05 bits per heavy atom. The number of aromatic nitrogens is 2. The summed E-state index contributed by atoms with van der Waals surface area (Å²) in [4.78, 5) is 11.2. The molecule has 0 spiro atoms. The molecule has 1 atom stereocenters. The second kappa shape index (κ2) is 6.68. The molecule has 1 aromatic rings. The van der Waals surface area contributed by atoms with Crippen molar-refractivity contribution >= 4 is 11.6 Å². The zero-order valence-corrected chi connectivity index (χ0v) is 11.8. The standard InChI is InChI=1S/C13H22N4O2/c1-4-10-8-17(5-6-19-10)13-7-11(14-2)15-12(16-13)9-18-3/h7,10H,4-6,8-9H2,1-3H3,(H,14,15,16). The summed E-state index contributed by atoms with van der Waals surface area (Å²) in [6, 6.07) is 1.97. The second-order valence-electron chi connectivity index (χ2n) is 4.56. The third-order valence-corrected chi connectivity index (χ3v) is 3.21. The summed E-state index contributed by atoms with van der Waals surface area (Å²) in [6.45, 7) is 5.05. The quantitative estimate of drug-likeness (QED) is 0.866. The largest absolute Gasteiger partial charge is 0.377 e. The molecule has 19 heavy (non-hydrogen) atoms. The fourth-order valence-electron chi connectivity index (χ4n) is 2.14. The summed E-state index contributed by atoms with van der Waals surface area (Å²) >= 11 is 0. The molecule has 106 valence electrons. The van der Waals surface area contributed by atoms with Gasteiger partial charge in [-0.3, -0.25) is 0 Å². The Hall–Kier alpha value is -1.40. The van der Waals surface area contributed by atoms with Crippen LogP contribution in [0.4, 0.5) is 11.6 Å². The van der Waals surface area contributed by atoms with Gasteiger partial charge in [0.1, 0.15) is 18.2 Å². The zero-order chi connectivity index (χ0) is 13.7. The number of hydrogen-bond donors (Lipinski definition) is 1. The van der Waals surface area contributed by atoms with Crippen LogP contribution >= 0.6 is 0 Å². The van der Waals surface area contributed by atoms with Crippen molar-refractivity contribution in [1.29, 1.82) is 0 Å². The monoisotopic (exact) mass is 266 g/mol. The molecule has 2 heterocycles. The fourth-order valence-corrected chi connectivity index (χ4v) is 2.14. The van der Waals surface area contributed by atoms with E-state index in [0.29, 0.717) is 12.4 Å². The van der Waals surface area contributed by atoms with Crippen LogP contribution in [-0.4, -0.2) is 49.9 Å². The topological polar surface area (TPSA) is 59.5 Å². The average molecular weight is 266 g/mol. The molecule has 0 aromatic carbocycles. The molecule has 1 aromatic heterocycles. The van der Waals surface area contributed by atoms with Crippen molar-refractivity contribution in [2.24, 2.45) is 0 Å². The Bertz CT molecular complexity index is 414. The maximum Gasteiger partial charge on any atom is 0.158 e. The van der Waals surface area contributed by atoms with Crippen LogP contribution in [0.15, 0.2) is 6.07 Å². The first-order valence-electron chi connectivity index (χ1n) is 6.68. The number of morpholine rings is 1. The van der Waals surface area contributed by atoms with Gasteiger partial charge in [-0.1, -0.05) is 6.92 Å². The number of rotatable bonds is 5. The Kier molecular flexibility index (Phi) is 4.93. The molecule has 1 unspecified atom stereocenters. The lowest BCUT2D eigenvalue weighted by molar-refractivity contribution is 0.0381. The Labute approximate surface area is 114 Å². The average Bonchev–Trinajstić information content (AvgIpc) is 2.47. The van der Waals surface area contributed by atoms with E-state index in [1.807, 2.05) is 13.1 Å². The first-order valence-corrected chi connectivity index (χ1v) is 6.68. The van der Waals surface area contributed by atoms with Gasteiger partial charge in [-0.25, -0.2) is 9.97 Å². The first-order chi connectivity index (χ1) is 9.26. The Balaban J connectivity index is 2.19. The first kappa shape index (κ1) is 14.0. The van der Waals surface area contributed by atoms with Gasteiger partial charge in [0.05, 0.1) is 12.7 Å². The minimum Gasteiger partial charge on any atom is -0.377 e. The van der Waals surface area contributed by atoms with Crippen molar-refractivity contribution in [2.45, 2.75) is 26.1 Å². The lowest BCUT2D eigenvalue weighted by Crippen LogP contribution is -2.42. The van der Waals surface area contributed by atoms with Crippen LogP contribution in [0.25, 0.3) is 0 Å². The van der Waals surface area contributed by atoms with Gasteiger partial charge in [0.25, 0.3) is 0 Å². The van der Waals surface area contributed by atoms with E-state index in [0.717, 1.165) is 37.8 Å². The summed E-state index contributed by atoms with van der Waals surface area (Å²) in [7, 11) is 3.51. The summed E-state index contributed by atoms with van der Waals surface area (Å²) in [5.41, 5.74) is 0. The number of hydrogen-bond acceptors (Lipinski definition) is 6. The highest BCUT2D eigenvalue weighted by Gasteiger charge is 2.21. The van der Waals surface area contributed by atoms with E-state index in [4.69, 9.17) is 9.47 Å². The molecule has 0 amide bonds. The molecule has 0 aliphatic carbocycles. The van der Waals surface area contributed by atoms with Gasteiger partial charge in [-0.2, -0.15) is 0 Å². The number of anilines is 2. The maximum absolute atomic E-state index is 5.69. The van der Waals surface area contributed by atoms with Gasteiger partial charge < -0.3 is 19.7 Å². The van der Waals surface area contributed by atoms with Crippen molar-refractivity contribution in [3.8, 4) is 0 Å². The lowest BCUT2D eigenvalue weighted by Gasteiger charge is -2.33. The molecule has 1 fully saturated rings. The minimum absolute atomic E-state index is 0.285. The fraction of sp³-hybridized carbons (Fsp3) is 0.692. The van der Waals surface area contributed by atoms with E-state index < -0.39 is 0 Å². The molecule has 6 heteroatoms. The van der Waals surface area contributed by atoms with Gasteiger partial charge in [0.15, 0.2) is 5.82 Å². The van der Waals surface area contributed by atoms with Crippen LogP contribution in [0.1, 0.15) is 19.2 Å². The second-order valence-corrected chi connectivity index (χ2v) is 4.56. The van der Waals surface area contributed by atoms with E-state index >= 15 is 0 Å². The predicted octanol–water partition coefficient (Wildman–Crippen LogP) is 1.28. The molecular formula is C13H22N4O2. The summed E-state index contributed by atoms with van der Waals surface area (Å²) in [5.74, 6) is 2.45. The summed E-state index contributed by atoms with van der Waals surface area (Å²) < 4.78 is 10.8. The van der Waals surface area contributed by atoms with Crippen molar-refractivity contribution < 1.29 is 9.47 Å². The van der Waals surface area contributed by atoms with E-state index in [-0.39, 0.29) is 6.10 Å². The number of ether oxygens (including phenoxy) is 2. The highest BCUT2D eigenvalue weighted by atomic mass is 16.5. The van der Waals surface area contributed by atoms with Crippen LogP contribution in [0, 0.1) is 0 Å². The lowest BCUT2D eigenvalue weighted by atomic mass is 10.2. The smallest absolute Gasteiger partial charge is 0.158 e. The van der Waals surface area contributed by atoms with Crippen molar-refractivity contribution in [3.05, 3.63) is 11.9 Å². The van der Waals surface area contributed by atoms with Crippen LogP contribution in [0.3, 0.4) is 0 Å². The van der Waals surface area contributed by atoms with Crippen molar-refractivity contribution in [2.75, 3.05) is 44.1 Å². The molecule has 1 N–H and O–H groups in total. The van der Waals surface area contributed by atoms with E-state index in [9.17, 15) is 0 Å². The normalized spacial score (nSPS) is 19.5. The third kappa shape index (κ3) is 3.54. The molecule has 0 bridgehead atoms. The molecule has 1 aliphatic rings. The minimum atomic E-state index is 0.285. The highest BCUT2D eigenvalue weighted by molar-refractivity contribution is 5.49. The molecule has 0 saturated carbocycles. The summed E-state index contributed by atoms with van der Waals surface area (Å²) in [6.07, 6.45) is 1.30. The molecule has 2 rings (SSSR count).